The van der Waals surface area contributed by atoms with E-state index in [9.17, 15) is 12.9 Å². The summed E-state index contributed by atoms with van der Waals surface area (Å²) in [5.74, 6) is 1.09. The summed E-state index contributed by atoms with van der Waals surface area (Å²) in [6.45, 7) is 2.43. The van der Waals surface area contributed by atoms with Gasteiger partial charge in [0.05, 0.1) is 0 Å². The standard InChI is InChI=1S/C7H13.BF3.K/c1-7-5-3-2-4-6-7;2-1(3)4;/h5,7H,2-4,6H2,1H3;;/t7-;;/m0../s1. The van der Waals surface area contributed by atoms with E-state index in [4.69, 9.17) is 0 Å². The van der Waals surface area contributed by atoms with Crippen LogP contribution >= 0.6 is 0 Å². The van der Waals surface area contributed by atoms with Gasteiger partial charge in [0.2, 0.25) is 0 Å². The van der Waals surface area contributed by atoms with Gasteiger partial charge in [-0.3, -0.25) is 12.9 Å². The zero-order chi connectivity index (χ0) is 9.56. The summed E-state index contributed by atoms with van der Waals surface area (Å²) in [5, 5.41) is 0. The third-order valence-corrected chi connectivity index (χ3v) is 5.22. The van der Waals surface area contributed by atoms with Crippen LogP contribution in [0.2, 0.25) is 0.0125 Å². The maximum absolute atomic E-state index is 9.67. The molecule has 0 aromatic heterocycles. The molecular formula is C7H13BF3K. The minimum absolute atomic E-state index is 1.09. The van der Waals surface area contributed by atoms with E-state index in [0.717, 1.165) is 54.9 Å². The van der Waals surface area contributed by atoms with Gasteiger partial charge in [0.1, 0.15) is 0 Å². The molecule has 0 aromatic rings. The molecule has 1 fully saturated rings. The molecule has 0 unspecified atom stereocenters. The Kier molecular flexibility index (Phi) is 8.83. The van der Waals surface area contributed by atoms with Gasteiger partial charge in [0.15, 0.2) is 0 Å². The second-order valence-corrected chi connectivity index (χ2v) is 5.80. The molecule has 0 bridgehead atoms. The molecule has 0 aromatic carbocycles. The SMILES string of the molecule is C[C@@H]1CCCC[C@H]1[K].FB(F)F. The molecule has 0 amide bonds. The summed E-state index contributed by atoms with van der Waals surface area (Å²) < 4.78 is 30.2. The van der Waals surface area contributed by atoms with Crippen LogP contribution in [0.15, 0.2) is 0 Å². The second kappa shape index (κ2) is 7.85. The van der Waals surface area contributed by atoms with Crippen LogP contribution in [0.1, 0.15) is 32.6 Å². The zero-order valence-corrected chi connectivity index (χ0v) is 10.8. The molecule has 0 spiro atoms. The third kappa shape index (κ3) is 8.11. The molecule has 0 heterocycles. The molecule has 1 aliphatic rings. The van der Waals surface area contributed by atoms with Crippen LogP contribution in [0.4, 0.5) is 12.9 Å². The quantitative estimate of drug-likeness (QED) is 0.532. The Morgan fingerprint density at radius 3 is 1.83 bits per heavy atom. The van der Waals surface area contributed by atoms with E-state index < -0.39 is 7.54 Å². The molecule has 0 radical (unpaired) electrons. The predicted octanol–water partition coefficient (Wildman–Crippen LogP) is 3.03. The minimum Gasteiger partial charge on any atom is -0.254 e. The molecule has 12 heavy (non-hydrogen) atoms. The van der Waals surface area contributed by atoms with Crippen molar-refractivity contribution in [1.82, 2.24) is 0 Å². The van der Waals surface area contributed by atoms with Crippen molar-refractivity contribution in [2.75, 3.05) is 0 Å². The molecule has 66 valence electrons. The van der Waals surface area contributed by atoms with Crippen molar-refractivity contribution in [3.05, 3.63) is 0 Å². The Labute approximate surface area is 106 Å². The predicted molar refractivity (Wildman–Crippen MR) is 46.2 cm³/mol. The van der Waals surface area contributed by atoms with Gasteiger partial charge in [-0.15, -0.1) is 0 Å². The van der Waals surface area contributed by atoms with Crippen molar-refractivity contribution >= 4 is 56.5 Å². The van der Waals surface area contributed by atoms with Crippen LogP contribution in [0.25, 0.3) is 0 Å². The van der Waals surface area contributed by atoms with E-state index in [-0.39, 0.29) is 0 Å². The Bertz CT molecular complexity index is 100. The van der Waals surface area contributed by atoms with Gasteiger partial charge in [-0.05, 0) is 0 Å². The van der Waals surface area contributed by atoms with E-state index in [1.807, 2.05) is 0 Å². The van der Waals surface area contributed by atoms with Crippen molar-refractivity contribution < 1.29 is 12.9 Å². The van der Waals surface area contributed by atoms with Gasteiger partial charge in [-0.1, -0.05) is 0 Å². The normalized spacial score (nSPS) is 28.8. The average Bonchev–Trinajstić information content (AvgIpc) is 1.94. The Morgan fingerprint density at radius 1 is 1.17 bits per heavy atom. The molecule has 1 rings (SSSR count). The van der Waals surface area contributed by atoms with Crippen LogP contribution < -0.4 is 0 Å². The van der Waals surface area contributed by atoms with Crippen molar-refractivity contribution in [2.24, 2.45) is 5.92 Å². The van der Waals surface area contributed by atoms with Crippen LogP contribution in [0.5, 0.6) is 0 Å². The largest absolute Gasteiger partial charge is 0.762 e. The Balaban J connectivity index is 0.000000261. The summed E-state index contributed by atoms with van der Waals surface area (Å²) in [5.41, 5.74) is 0. The average molecular weight is 204 g/mol. The van der Waals surface area contributed by atoms with Crippen molar-refractivity contribution in [3.8, 4) is 0 Å². The van der Waals surface area contributed by atoms with Crippen molar-refractivity contribution in [1.29, 1.82) is 0 Å². The van der Waals surface area contributed by atoms with Crippen LogP contribution in [-0.2, 0) is 0 Å². The van der Waals surface area contributed by atoms with Gasteiger partial charge in [-0.25, -0.2) is 0 Å². The first-order valence-corrected chi connectivity index (χ1v) is 6.26. The van der Waals surface area contributed by atoms with Crippen LogP contribution in [-0.4, -0.2) is 56.5 Å². The van der Waals surface area contributed by atoms with Gasteiger partial charge >= 0.3 is 95.0 Å². The van der Waals surface area contributed by atoms with Crippen LogP contribution in [0.3, 0.4) is 0 Å². The van der Waals surface area contributed by atoms with Gasteiger partial charge in [0, 0.05) is 0 Å². The van der Waals surface area contributed by atoms with E-state index in [0.29, 0.717) is 0 Å². The topological polar surface area (TPSA) is 0 Å². The fourth-order valence-electron chi connectivity index (χ4n) is 1.50. The molecule has 1 saturated carbocycles. The first kappa shape index (κ1) is 13.5. The summed E-state index contributed by atoms with van der Waals surface area (Å²) in [6.07, 6.45) is 6.11. The van der Waals surface area contributed by atoms with Gasteiger partial charge in [0.25, 0.3) is 0 Å². The number of hydrogen-bond donors (Lipinski definition) is 0. The fraction of sp³-hybridized carbons (Fsp3) is 1.00. The first-order valence-electron chi connectivity index (χ1n) is 4.46. The third-order valence-electron chi connectivity index (χ3n) is 2.54. The smallest absolute Gasteiger partial charge is 0.254 e. The molecule has 0 nitrogen and oxygen atoms in total. The molecular weight excluding hydrogens is 191 g/mol. The van der Waals surface area contributed by atoms with E-state index in [1.165, 1.54) is 19.3 Å². The number of hydrogen-bond acceptors (Lipinski definition) is 0. The second-order valence-electron chi connectivity index (χ2n) is 3.49. The van der Waals surface area contributed by atoms with Crippen molar-refractivity contribution in [3.63, 3.8) is 0 Å². The maximum atomic E-state index is 9.67. The summed E-state index contributed by atoms with van der Waals surface area (Å²) in [4.78, 5) is 0. The first-order chi connectivity index (χ1) is 5.54. The maximum Gasteiger partial charge on any atom is 0.762 e. The van der Waals surface area contributed by atoms with Gasteiger partial charge in [-0.2, -0.15) is 0 Å². The molecule has 0 aliphatic heterocycles. The van der Waals surface area contributed by atoms with E-state index >= 15 is 0 Å². The van der Waals surface area contributed by atoms with Crippen LogP contribution in [0, 0.1) is 5.92 Å². The number of halogens is 3. The molecule has 0 N–H and O–H groups in total. The van der Waals surface area contributed by atoms with Crippen molar-refractivity contribution in [2.45, 2.75) is 32.6 Å². The van der Waals surface area contributed by atoms with Gasteiger partial charge < -0.3 is 0 Å². The summed E-state index contributed by atoms with van der Waals surface area (Å²) in [7, 11) is -3.67. The molecule has 5 heteroatoms. The molecule has 0 saturated heterocycles. The Morgan fingerprint density at radius 2 is 1.58 bits per heavy atom. The number of rotatable bonds is 0. The summed E-state index contributed by atoms with van der Waals surface area (Å²) in [6, 6.07) is 0. The monoisotopic (exact) mass is 204 g/mol. The Hall–Kier alpha value is 1.49. The summed E-state index contributed by atoms with van der Waals surface area (Å²) >= 11 is 1.10. The molecule has 2 atom stereocenters. The van der Waals surface area contributed by atoms with E-state index in [2.05, 4.69) is 6.92 Å². The zero-order valence-electron chi connectivity index (χ0n) is 7.69. The fourth-order valence-corrected chi connectivity index (χ4v) is 2.66. The minimum atomic E-state index is -3.67. The van der Waals surface area contributed by atoms with E-state index in [1.54, 1.807) is 6.42 Å². The molecule has 1 aliphatic carbocycles.